The largest absolute Gasteiger partial charge is 0.365 e. The number of aromatic nitrogens is 6. The van der Waals surface area contributed by atoms with Gasteiger partial charge in [0, 0.05) is 31.0 Å². The van der Waals surface area contributed by atoms with Crippen LogP contribution < -0.4 is 5.32 Å². The molecule has 7 nitrogen and oxygen atoms in total. The molecule has 0 radical (unpaired) electrons. The molecule has 0 fully saturated rings. The van der Waals surface area contributed by atoms with E-state index in [2.05, 4.69) is 25.5 Å². The number of hydrogen-bond donors (Lipinski definition) is 1. The quantitative estimate of drug-likeness (QED) is 0.787. The molecule has 0 amide bonds. The van der Waals surface area contributed by atoms with Crippen molar-refractivity contribution in [3.05, 3.63) is 47.8 Å². The lowest BCUT2D eigenvalue weighted by atomic mass is 10.3. The number of hydrogen-bond acceptors (Lipinski definition) is 5. The van der Waals surface area contributed by atoms with Crippen LogP contribution in [0.5, 0.6) is 0 Å². The highest BCUT2D eigenvalue weighted by Gasteiger charge is 2.06. The normalized spacial score (nSPS) is 10.8. The van der Waals surface area contributed by atoms with Crippen LogP contribution in [0.4, 0.5) is 5.82 Å². The summed E-state index contributed by atoms with van der Waals surface area (Å²) < 4.78 is 3.56. The number of nitrogens with one attached hydrogen (secondary N) is 1. The van der Waals surface area contributed by atoms with Crippen LogP contribution in [0.1, 0.15) is 17.0 Å². The van der Waals surface area contributed by atoms with Crippen LogP contribution in [0.25, 0.3) is 5.82 Å². The monoisotopic (exact) mass is 283 g/mol. The van der Waals surface area contributed by atoms with E-state index in [1.807, 2.05) is 39.4 Å². The van der Waals surface area contributed by atoms with Gasteiger partial charge in [-0.2, -0.15) is 10.2 Å². The summed E-state index contributed by atoms with van der Waals surface area (Å²) in [5.74, 6) is 1.42. The van der Waals surface area contributed by atoms with Crippen LogP contribution in [-0.2, 0) is 13.6 Å². The van der Waals surface area contributed by atoms with Crippen LogP contribution in [0.15, 0.2) is 30.9 Å². The van der Waals surface area contributed by atoms with Crippen molar-refractivity contribution in [1.82, 2.24) is 29.5 Å². The summed E-state index contributed by atoms with van der Waals surface area (Å²) in [7, 11) is 1.90. The highest BCUT2D eigenvalue weighted by molar-refractivity contribution is 5.37. The third kappa shape index (κ3) is 2.91. The SMILES string of the molecule is Cc1cc(C)n(-c2cncc(NCc3cnn(C)c3)n2)n1. The van der Waals surface area contributed by atoms with Gasteiger partial charge in [-0.05, 0) is 19.9 Å². The predicted octanol–water partition coefficient (Wildman–Crippen LogP) is 1.62. The third-order valence-electron chi connectivity index (χ3n) is 3.08. The average molecular weight is 283 g/mol. The lowest BCUT2D eigenvalue weighted by Gasteiger charge is -2.07. The minimum atomic E-state index is 0.656. The Morgan fingerprint density at radius 1 is 1.19 bits per heavy atom. The maximum absolute atomic E-state index is 4.54. The molecule has 0 aliphatic heterocycles. The summed E-state index contributed by atoms with van der Waals surface area (Å²) in [5, 5.41) is 11.8. The first-order valence-corrected chi connectivity index (χ1v) is 6.69. The van der Waals surface area contributed by atoms with Gasteiger partial charge in [0.25, 0.3) is 0 Å². The summed E-state index contributed by atoms with van der Waals surface area (Å²) in [6.45, 7) is 4.61. The molecule has 0 aromatic carbocycles. The highest BCUT2D eigenvalue weighted by Crippen LogP contribution is 2.11. The van der Waals surface area contributed by atoms with E-state index >= 15 is 0 Å². The second-order valence-corrected chi connectivity index (χ2v) is 4.98. The second kappa shape index (κ2) is 5.35. The van der Waals surface area contributed by atoms with E-state index in [9.17, 15) is 0 Å². The van der Waals surface area contributed by atoms with Gasteiger partial charge in [0.2, 0.25) is 0 Å². The molecule has 0 bridgehead atoms. The van der Waals surface area contributed by atoms with Crippen molar-refractivity contribution in [2.24, 2.45) is 7.05 Å². The molecule has 0 unspecified atom stereocenters. The van der Waals surface area contributed by atoms with Gasteiger partial charge >= 0.3 is 0 Å². The molecule has 0 spiro atoms. The van der Waals surface area contributed by atoms with Gasteiger partial charge in [0.05, 0.1) is 24.3 Å². The summed E-state index contributed by atoms with van der Waals surface area (Å²) in [5.41, 5.74) is 3.09. The summed E-state index contributed by atoms with van der Waals surface area (Å²) >= 11 is 0. The zero-order valence-electron chi connectivity index (χ0n) is 12.3. The van der Waals surface area contributed by atoms with Crippen LogP contribution in [-0.4, -0.2) is 29.5 Å². The maximum Gasteiger partial charge on any atom is 0.174 e. The Morgan fingerprint density at radius 2 is 2.05 bits per heavy atom. The molecule has 3 rings (SSSR count). The topological polar surface area (TPSA) is 73.5 Å². The van der Waals surface area contributed by atoms with Crippen LogP contribution in [0.2, 0.25) is 0 Å². The van der Waals surface area contributed by atoms with Crippen molar-refractivity contribution in [2.45, 2.75) is 20.4 Å². The first-order valence-electron chi connectivity index (χ1n) is 6.69. The molecular weight excluding hydrogens is 266 g/mol. The number of nitrogens with zero attached hydrogens (tertiary/aromatic N) is 6. The Hall–Kier alpha value is -2.70. The standard InChI is InChI=1S/C14H17N7/c1-10-4-11(2)21(19-10)14-8-15-7-13(18-14)16-5-12-6-17-20(3)9-12/h4,6-9H,5H2,1-3H3,(H,16,18). The lowest BCUT2D eigenvalue weighted by Crippen LogP contribution is -2.07. The number of anilines is 1. The summed E-state index contributed by atoms with van der Waals surface area (Å²) in [6.07, 6.45) is 7.19. The average Bonchev–Trinajstić information content (AvgIpc) is 3.02. The van der Waals surface area contributed by atoms with Gasteiger partial charge in [0.1, 0.15) is 5.82 Å². The maximum atomic E-state index is 4.54. The predicted molar refractivity (Wildman–Crippen MR) is 79.2 cm³/mol. The Labute approximate surface area is 122 Å². The minimum absolute atomic E-state index is 0.656. The fourth-order valence-corrected chi connectivity index (χ4v) is 2.16. The zero-order valence-corrected chi connectivity index (χ0v) is 12.3. The number of aryl methyl sites for hydroxylation is 3. The van der Waals surface area contributed by atoms with E-state index in [0.29, 0.717) is 18.2 Å². The Balaban J connectivity index is 1.78. The molecule has 0 aliphatic rings. The fraction of sp³-hybridized carbons (Fsp3) is 0.286. The Morgan fingerprint density at radius 3 is 2.71 bits per heavy atom. The van der Waals surface area contributed by atoms with Crippen LogP contribution in [0, 0.1) is 13.8 Å². The van der Waals surface area contributed by atoms with Crippen molar-refractivity contribution in [3.63, 3.8) is 0 Å². The van der Waals surface area contributed by atoms with E-state index in [4.69, 9.17) is 0 Å². The molecule has 0 saturated carbocycles. The zero-order chi connectivity index (χ0) is 14.8. The third-order valence-corrected chi connectivity index (χ3v) is 3.08. The van der Waals surface area contributed by atoms with E-state index in [1.54, 1.807) is 21.8 Å². The molecule has 0 atom stereocenters. The van der Waals surface area contributed by atoms with Gasteiger partial charge < -0.3 is 5.32 Å². The smallest absolute Gasteiger partial charge is 0.174 e. The second-order valence-electron chi connectivity index (χ2n) is 4.98. The molecule has 108 valence electrons. The molecule has 7 heteroatoms. The molecule has 0 saturated heterocycles. The minimum Gasteiger partial charge on any atom is -0.365 e. The Kier molecular flexibility index (Phi) is 3.39. The van der Waals surface area contributed by atoms with Crippen molar-refractivity contribution < 1.29 is 0 Å². The van der Waals surface area contributed by atoms with Gasteiger partial charge in [-0.15, -0.1) is 0 Å². The van der Waals surface area contributed by atoms with Crippen LogP contribution in [0.3, 0.4) is 0 Å². The summed E-state index contributed by atoms with van der Waals surface area (Å²) in [6, 6.07) is 2.01. The van der Waals surface area contributed by atoms with Gasteiger partial charge in [-0.25, -0.2) is 9.67 Å². The summed E-state index contributed by atoms with van der Waals surface area (Å²) in [4.78, 5) is 8.76. The lowest BCUT2D eigenvalue weighted by molar-refractivity contribution is 0.767. The first kappa shape index (κ1) is 13.3. The first-order chi connectivity index (χ1) is 10.1. The van der Waals surface area contributed by atoms with Crippen LogP contribution >= 0.6 is 0 Å². The number of rotatable bonds is 4. The molecule has 3 aromatic heterocycles. The highest BCUT2D eigenvalue weighted by atomic mass is 15.3. The van der Waals surface area contributed by atoms with Crippen molar-refractivity contribution >= 4 is 5.82 Å². The van der Waals surface area contributed by atoms with E-state index in [-0.39, 0.29) is 0 Å². The van der Waals surface area contributed by atoms with Gasteiger partial charge in [-0.3, -0.25) is 9.67 Å². The van der Waals surface area contributed by atoms with Gasteiger partial charge in [-0.1, -0.05) is 0 Å². The van der Waals surface area contributed by atoms with Gasteiger partial charge in [0.15, 0.2) is 5.82 Å². The Bertz CT molecular complexity index is 756. The molecular formula is C14H17N7. The van der Waals surface area contributed by atoms with E-state index in [0.717, 1.165) is 17.0 Å². The molecule has 3 aromatic rings. The van der Waals surface area contributed by atoms with E-state index < -0.39 is 0 Å². The van der Waals surface area contributed by atoms with Crippen molar-refractivity contribution in [2.75, 3.05) is 5.32 Å². The molecule has 3 heterocycles. The molecule has 21 heavy (non-hydrogen) atoms. The van der Waals surface area contributed by atoms with Crippen molar-refractivity contribution in [1.29, 1.82) is 0 Å². The molecule has 0 aliphatic carbocycles. The fourth-order valence-electron chi connectivity index (χ4n) is 2.16. The molecule has 1 N–H and O–H groups in total. The van der Waals surface area contributed by atoms with Crippen molar-refractivity contribution in [3.8, 4) is 5.82 Å². The van der Waals surface area contributed by atoms with E-state index in [1.165, 1.54) is 0 Å².